The average molecular weight is 336 g/mol. The summed E-state index contributed by atoms with van der Waals surface area (Å²) in [5.74, 6) is 0. The van der Waals surface area contributed by atoms with Crippen molar-refractivity contribution in [3.63, 3.8) is 0 Å². The zero-order valence-electron chi connectivity index (χ0n) is 11.4. The Morgan fingerprint density at radius 3 is 2.43 bits per heavy atom. The molecule has 1 nitrogen and oxygen atoms in total. The first kappa shape index (κ1) is 14.9. The number of hydrogen-bond donors (Lipinski definition) is 1. The lowest BCUT2D eigenvalue weighted by Crippen LogP contribution is -2.25. The van der Waals surface area contributed by atoms with E-state index in [4.69, 9.17) is 28.9 Å². The summed E-state index contributed by atoms with van der Waals surface area (Å²) in [7, 11) is 0. The van der Waals surface area contributed by atoms with Crippen LogP contribution in [0.2, 0.25) is 10.0 Å². The smallest absolute Gasteiger partial charge is 0.0453 e. The zero-order chi connectivity index (χ0) is 14.8. The van der Waals surface area contributed by atoms with Crippen molar-refractivity contribution in [1.29, 1.82) is 0 Å². The summed E-state index contributed by atoms with van der Waals surface area (Å²) in [5, 5.41) is 4.86. The molecule has 1 heterocycles. The average Bonchev–Trinajstić information content (AvgIpc) is 2.87. The van der Waals surface area contributed by atoms with Gasteiger partial charge >= 0.3 is 0 Å². The van der Waals surface area contributed by atoms with E-state index in [0.717, 1.165) is 12.0 Å². The topological polar surface area (TPSA) is 26.0 Å². The lowest BCUT2D eigenvalue weighted by atomic mass is 9.99. The summed E-state index contributed by atoms with van der Waals surface area (Å²) in [6.07, 6.45) is 1.51. The van der Waals surface area contributed by atoms with Gasteiger partial charge in [0, 0.05) is 20.8 Å². The molecule has 1 atom stereocenters. The van der Waals surface area contributed by atoms with E-state index in [1.165, 1.54) is 15.6 Å². The molecule has 0 fully saturated rings. The molecule has 2 N–H and O–H groups in total. The molecule has 0 saturated carbocycles. The van der Waals surface area contributed by atoms with Crippen LogP contribution in [0, 0.1) is 0 Å². The Bertz CT molecular complexity index is 746. The first-order valence-electron chi connectivity index (χ1n) is 6.78. The Morgan fingerprint density at radius 2 is 1.67 bits per heavy atom. The summed E-state index contributed by atoms with van der Waals surface area (Å²) in [4.78, 5) is 0. The summed E-state index contributed by atoms with van der Waals surface area (Å²) in [5.41, 5.74) is 8.55. The fourth-order valence-electron chi connectivity index (χ4n) is 2.54. The monoisotopic (exact) mass is 335 g/mol. The van der Waals surface area contributed by atoms with E-state index in [2.05, 4.69) is 29.6 Å². The zero-order valence-corrected chi connectivity index (χ0v) is 13.7. The maximum absolute atomic E-state index is 6.31. The molecule has 0 bridgehead atoms. The van der Waals surface area contributed by atoms with E-state index < -0.39 is 0 Å². The van der Waals surface area contributed by atoms with Crippen LogP contribution < -0.4 is 5.73 Å². The van der Waals surface area contributed by atoms with Gasteiger partial charge in [0.2, 0.25) is 0 Å². The molecule has 3 rings (SSSR count). The van der Waals surface area contributed by atoms with Crippen LogP contribution in [0.3, 0.4) is 0 Å². The highest BCUT2D eigenvalue weighted by Crippen LogP contribution is 2.29. The fraction of sp³-hybridized carbons (Fsp3) is 0.176. The van der Waals surface area contributed by atoms with Gasteiger partial charge in [-0.05, 0) is 52.9 Å². The fourth-order valence-corrected chi connectivity index (χ4v) is 4.06. The Kier molecular flexibility index (Phi) is 4.51. The molecular formula is C17H15Cl2NS. The van der Waals surface area contributed by atoms with Crippen LogP contribution in [0.4, 0.5) is 0 Å². The third kappa shape index (κ3) is 3.24. The number of rotatable bonds is 4. The third-order valence-electron chi connectivity index (χ3n) is 3.57. The Morgan fingerprint density at radius 1 is 0.952 bits per heavy atom. The van der Waals surface area contributed by atoms with Crippen molar-refractivity contribution in [2.75, 3.05) is 0 Å². The van der Waals surface area contributed by atoms with Gasteiger partial charge in [-0.1, -0.05) is 47.5 Å². The van der Waals surface area contributed by atoms with Crippen LogP contribution >= 0.6 is 34.5 Å². The normalized spacial score (nSPS) is 12.7. The molecule has 0 aliphatic heterocycles. The van der Waals surface area contributed by atoms with Gasteiger partial charge in [-0.3, -0.25) is 0 Å². The van der Waals surface area contributed by atoms with E-state index in [0.29, 0.717) is 16.5 Å². The minimum absolute atomic E-state index is 0.000376. The Balaban J connectivity index is 1.79. The largest absolute Gasteiger partial charge is 0.327 e. The Hall–Kier alpha value is -1.06. The molecule has 0 saturated heterocycles. The van der Waals surface area contributed by atoms with E-state index >= 15 is 0 Å². The lowest BCUT2D eigenvalue weighted by Gasteiger charge is -2.13. The second-order valence-corrected chi connectivity index (χ2v) is 6.85. The van der Waals surface area contributed by atoms with Crippen LogP contribution in [0.5, 0.6) is 0 Å². The van der Waals surface area contributed by atoms with Crippen molar-refractivity contribution in [1.82, 2.24) is 0 Å². The SMILES string of the molecule is NC(Cc1c(Cl)cccc1Cl)Cc1csc2ccccc12. The van der Waals surface area contributed by atoms with E-state index in [9.17, 15) is 0 Å². The molecule has 2 aromatic carbocycles. The highest BCUT2D eigenvalue weighted by atomic mass is 35.5. The van der Waals surface area contributed by atoms with Gasteiger partial charge < -0.3 is 5.73 Å². The Labute approximate surface area is 138 Å². The highest BCUT2D eigenvalue weighted by Gasteiger charge is 2.13. The van der Waals surface area contributed by atoms with Gasteiger partial charge in [0.15, 0.2) is 0 Å². The molecule has 1 unspecified atom stereocenters. The van der Waals surface area contributed by atoms with Crippen molar-refractivity contribution in [2.24, 2.45) is 5.73 Å². The molecule has 0 radical (unpaired) electrons. The van der Waals surface area contributed by atoms with E-state index in [1.54, 1.807) is 11.3 Å². The molecule has 108 valence electrons. The maximum Gasteiger partial charge on any atom is 0.0453 e. The van der Waals surface area contributed by atoms with Gasteiger partial charge in [0.05, 0.1) is 0 Å². The number of fused-ring (bicyclic) bond motifs is 1. The first-order chi connectivity index (χ1) is 10.1. The second kappa shape index (κ2) is 6.37. The second-order valence-electron chi connectivity index (χ2n) is 5.13. The summed E-state index contributed by atoms with van der Waals surface area (Å²) in [6, 6.07) is 14.0. The first-order valence-corrected chi connectivity index (χ1v) is 8.42. The van der Waals surface area contributed by atoms with Crippen LogP contribution in [-0.4, -0.2) is 6.04 Å². The van der Waals surface area contributed by atoms with Crippen LogP contribution in [-0.2, 0) is 12.8 Å². The van der Waals surface area contributed by atoms with Gasteiger partial charge in [-0.2, -0.15) is 0 Å². The molecule has 0 aliphatic carbocycles. The minimum Gasteiger partial charge on any atom is -0.327 e. The van der Waals surface area contributed by atoms with Crippen molar-refractivity contribution in [2.45, 2.75) is 18.9 Å². The molecule has 3 aromatic rings. The predicted octanol–water partition coefficient (Wildman–Crippen LogP) is 5.32. The number of halogens is 2. The number of nitrogens with two attached hydrogens (primary N) is 1. The van der Waals surface area contributed by atoms with Crippen molar-refractivity contribution >= 4 is 44.6 Å². The predicted molar refractivity (Wildman–Crippen MR) is 93.7 cm³/mol. The number of benzene rings is 2. The van der Waals surface area contributed by atoms with Crippen molar-refractivity contribution in [3.05, 3.63) is 69.0 Å². The molecule has 0 spiro atoms. The quantitative estimate of drug-likeness (QED) is 0.685. The minimum atomic E-state index is 0.000376. The van der Waals surface area contributed by atoms with Gasteiger partial charge in [-0.15, -0.1) is 11.3 Å². The van der Waals surface area contributed by atoms with Gasteiger partial charge in [0.1, 0.15) is 0 Å². The van der Waals surface area contributed by atoms with Gasteiger partial charge in [-0.25, -0.2) is 0 Å². The van der Waals surface area contributed by atoms with Crippen LogP contribution in [0.25, 0.3) is 10.1 Å². The summed E-state index contributed by atoms with van der Waals surface area (Å²) in [6.45, 7) is 0. The summed E-state index contributed by atoms with van der Waals surface area (Å²) >= 11 is 14.2. The molecule has 1 aromatic heterocycles. The maximum atomic E-state index is 6.31. The molecule has 0 amide bonds. The van der Waals surface area contributed by atoms with Crippen LogP contribution in [0.15, 0.2) is 47.8 Å². The van der Waals surface area contributed by atoms with E-state index in [-0.39, 0.29) is 6.04 Å². The summed E-state index contributed by atoms with van der Waals surface area (Å²) < 4.78 is 1.30. The molecule has 4 heteroatoms. The standard InChI is InChI=1S/C17H15Cl2NS/c18-15-5-3-6-16(19)14(15)9-12(20)8-11-10-21-17-7-2-1-4-13(11)17/h1-7,10,12H,8-9,20H2. The van der Waals surface area contributed by atoms with Gasteiger partial charge in [0.25, 0.3) is 0 Å². The number of hydrogen-bond acceptors (Lipinski definition) is 2. The molecule has 0 aliphatic rings. The van der Waals surface area contributed by atoms with E-state index in [1.807, 2.05) is 18.2 Å². The number of thiophene rings is 1. The van der Waals surface area contributed by atoms with Crippen molar-refractivity contribution in [3.8, 4) is 0 Å². The third-order valence-corrected chi connectivity index (χ3v) is 5.29. The lowest BCUT2D eigenvalue weighted by molar-refractivity contribution is 0.668. The molecular weight excluding hydrogens is 321 g/mol. The van der Waals surface area contributed by atoms with Crippen LogP contribution in [0.1, 0.15) is 11.1 Å². The highest BCUT2D eigenvalue weighted by molar-refractivity contribution is 7.17. The molecule has 21 heavy (non-hydrogen) atoms. The van der Waals surface area contributed by atoms with Crippen molar-refractivity contribution < 1.29 is 0 Å².